The van der Waals surface area contributed by atoms with E-state index in [1.807, 2.05) is 42.3 Å². The zero-order chi connectivity index (χ0) is 21.3. The molecule has 3 atom stereocenters. The van der Waals surface area contributed by atoms with Gasteiger partial charge in [0.2, 0.25) is 0 Å². The first kappa shape index (κ1) is 20.8. The van der Waals surface area contributed by atoms with Gasteiger partial charge in [-0.1, -0.05) is 30.3 Å². The number of rotatable bonds is 5. The smallest absolute Gasteiger partial charge is 0.260 e. The van der Waals surface area contributed by atoms with Crippen LogP contribution in [0.5, 0.6) is 5.75 Å². The lowest BCUT2D eigenvalue weighted by atomic mass is 9.76. The lowest BCUT2D eigenvalue weighted by molar-refractivity contribution is -0.139. The molecule has 0 N–H and O–H groups in total. The van der Waals surface area contributed by atoms with Gasteiger partial charge >= 0.3 is 0 Å². The van der Waals surface area contributed by atoms with Crippen LogP contribution in [0.4, 0.5) is 0 Å². The molecule has 5 nitrogen and oxygen atoms in total. The second kappa shape index (κ2) is 8.79. The van der Waals surface area contributed by atoms with E-state index in [2.05, 4.69) is 17.0 Å². The Hall–Kier alpha value is -2.11. The maximum absolute atomic E-state index is 13.1. The molecule has 1 saturated carbocycles. The van der Waals surface area contributed by atoms with Gasteiger partial charge in [0.25, 0.3) is 5.91 Å². The molecule has 2 aromatic carbocycles. The number of benzene rings is 2. The van der Waals surface area contributed by atoms with Crippen molar-refractivity contribution in [1.82, 2.24) is 9.80 Å². The predicted octanol–water partition coefficient (Wildman–Crippen LogP) is 4.24. The molecule has 2 heterocycles. The fraction of sp³-hybridized carbons (Fsp3) is 0.577. The molecule has 0 aromatic heterocycles. The van der Waals surface area contributed by atoms with Crippen molar-refractivity contribution in [3.8, 4) is 5.75 Å². The summed E-state index contributed by atoms with van der Waals surface area (Å²) in [5, 5.41) is 2.31. The summed E-state index contributed by atoms with van der Waals surface area (Å²) in [6.45, 7) is 3.27. The number of carbonyl (C=O) groups is 1. The minimum Gasteiger partial charge on any atom is -0.484 e. The van der Waals surface area contributed by atoms with Crippen LogP contribution in [0.25, 0.3) is 10.8 Å². The molecule has 2 aromatic rings. The first-order valence-electron chi connectivity index (χ1n) is 11.9. The van der Waals surface area contributed by atoms with E-state index in [0.29, 0.717) is 6.04 Å². The van der Waals surface area contributed by atoms with Crippen molar-refractivity contribution in [2.45, 2.75) is 62.6 Å². The number of likely N-dealkylation sites (N-methyl/N-ethyl adjacent to an activating group) is 1. The quantitative estimate of drug-likeness (QED) is 0.723. The first-order valence-corrected chi connectivity index (χ1v) is 11.9. The summed E-state index contributed by atoms with van der Waals surface area (Å²) in [5.74, 6) is 0.809. The molecule has 2 saturated heterocycles. The second-order valence-electron chi connectivity index (χ2n) is 9.56. The van der Waals surface area contributed by atoms with Crippen LogP contribution in [-0.4, -0.2) is 66.7 Å². The number of fused-ring (bicyclic) bond motifs is 1. The lowest BCUT2D eigenvalue weighted by Gasteiger charge is -2.48. The third-order valence-electron chi connectivity index (χ3n) is 7.69. The number of nitrogens with zero attached hydrogens (tertiary/aromatic N) is 2. The maximum Gasteiger partial charge on any atom is 0.260 e. The largest absolute Gasteiger partial charge is 0.484 e. The Morgan fingerprint density at radius 1 is 1.13 bits per heavy atom. The van der Waals surface area contributed by atoms with Gasteiger partial charge in [-0.15, -0.1) is 0 Å². The molecule has 2 aliphatic heterocycles. The Balaban J connectivity index is 1.25. The standard InChI is InChI=1S/C26H34N2O3/c1-27(25(29)19-30-22-10-9-20-7-2-3-8-21(20)17-22)23-11-13-26(12-6-16-31-26)18-24(23)28-14-4-5-15-28/h2-3,7-10,17,23-24H,4-6,11-16,18-19H2,1H3/t23-,24-,26-/m1/s1. The van der Waals surface area contributed by atoms with E-state index in [-0.39, 0.29) is 24.2 Å². The van der Waals surface area contributed by atoms with Gasteiger partial charge in [-0.25, -0.2) is 0 Å². The van der Waals surface area contributed by atoms with E-state index in [1.54, 1.807) is 0 Å². The molecule has 5 heteroatoms. The third-order valence-corrected chi connectivity index (χ3v) is 7.69. The van der Waals surface area contributed by atoms with Crippen LogP contribution in [0, 0.1) is 0 Å². The number of ether oxygens (including phenoxy) is 2. The van der Waals surface area contributed by atoms with Crippen molar-refractivity contribution in [1.29, 1.82) is 0 Å². The fourth-order valence-corrected chi connectivity index (χ4v) is 5.92. The highest BCUT2D eigenvalue weighted by Gasteiger charge is 2.47. The molecule has 31 heavy (non-hydrogen) atoms. The van der Waals surface area contributed by atoms with Gasteiger partial charge in [0, 0.05) is 25.7 Å². The zero-order valence-electron chi connectivity index (χ0n) is 18.6. The summed E-state index contributed by atoms with van der Waals surface area (Å²) >= 11 is 0. The summed E-state index contributed by atoms with van der Waals surface area (Å²) in [6.07, 6.45) is 8.00. The van der Waals surface area contributed by atoms with E-state index in [9.17, 15) is 4.79 Å². The average molecular weight is 423 g/mol. The predicted molar refractivity (Wildman–Crippen MR) is 122 cm³/mol. The third kappa shape index (κ3) is 4.31. The van der Waals surface area contributed by atoms with Gasteiger partial charge in [-0.3, -0.25) is 9.69 Å². The molecule has 3 aliphatic rings. The van der Waals surface area contributed by atoms with Gasteiger partial charge in [0.1, 0.15) is 5.75 Å². The second-order valence-corrected chi connectivity index (χ2v) is 9.56. The molecular formula is C26H34N2O3. The summed E-state index contributed by atoms with van der Waals surface area (Å²) < 4.78 is 12.2. The number of likely N-dealkylation sites (tertiary alicyclic amines) is 1. The summed E-state index contributed by atoms with van der Waals surface area (Å²) in [6, 6.07) is 14.8. The van der Waals surface area contributed by atoms with Crippen molar-refractivity contribution in [2.75, 3.05) is 33.4 Å². The topological polar surface area (TPSA) is 42.0 Å². The first-order chi connectivity index (χ1) is 15.1. The highest BCUT2D eigenvalue weighted by Crippen LogP contribution is 2.42. The zero-order valence-corrected chi connectivity index (χ0v) is 18.6. The average Bonchev–Trinajstić information content (AvgIpc) is 3.50. The van der Waals surface area contributed by atoms with Gasteiger partial charge < -0.3 is 14.4 Å². The van der Waals surface area contributed by atoms with E-state index in [4.69, 9.17) is 9.47 Å². The SMILES string of the molecule is CN(C(=O)COc1ccc2ccccc2c1)[C@@H]1CC[C@]2(CCCO2)C[C@H]1N1CCCC1. The van der Waals surface area contributed by atoms with Crippen LogP contribution >= 0.6 is 0 Å². The summed E-state index contributed by atoms with van der Waals surface area (Å²) in [7, 11) is 1.97. The Morgan fingerprint density at radius 3 is 2.71 bits per heavy atom. The number of amides is 1. The fourth-order valence-electron chi connectivity index (χ4n) is 5.92. The van der Waals surface area contributed by atoms with Crippen LogP contribution < -0.4 is 4.74 Å². The maximum atomic E-state index is 13.1. The van der Waals surface area contributed by atoms with Crippen LogP contribution in [0.15, 0.2) is 42.5 Å². The van der Waals surface area contributed by atoms with Crippen molar-refractivity contribution < 1.29 is 14.3 Å². The van der Waals surface area contributed by atoms with Crippen LogP contribution in [0.3, 0.4) is 0 Å². The number of hydrogen-bond acceptors (Lipinski definition) is 4. The molecule has 1 aliphatic carbocycles. The summed E-state index contributed by atoms with van der Waals surface area (Å²) in [4.78, 5) is 17.7. The van der Waals surface area contributed by atoms with Gasteiger partial charge in [-0.05, 0) is 80.9 Å². The molecule has 166 valence electrons. The van der Waals surface area contributed by atoms with E-state index >= 15 is 0 Å². The highest BCUT2D eigenvalue weighted by molar-refractivity contribution is 5.84. The number of hydrogen-bond donors (Lipinski definition) is 0. The van der Waals surface area contributed by atoms with Crippen LogP contribution in [0.2, 0.25) is 0 Å². The minimum absolute atomic E-state index is 0.0508. The Kier molecular flexibility index (Phi) is 5.89. The number of carbonyl (C=O) groups excluding carboxylic acids is 1. The van der Waals surface area contributed by atoms with Crippen LogP contribution in [-0.2, 0) is 9.53 Å². The van der Waals surface area contributed by atoms with Crippen molar-refractivity contribution in [2.24, 2.45) is 0 Å². The Labute approximate surface area is 185 Å². The lowest BCUT2D eigenvalue weighted by Crippen LogP contribution is -2.58. The normalized spacial score (nSPS) is 28.9. The van der Waals surface area contributed by atoms with E-state index in [1.165, 1.54) is 31.1 Å². The van der Waals surface area contributed by atoms with Crippen molar-refractivity contribution in [3.05, 3.63) is 42.5 Å². The molecule has 3 fully saturated rings. The highest BCUT2D eigenvalue weighted by atomic mass is 16.5. The van der Waals surface area contributed by atoms with E-state index in [0.717, 1.165) is 50.1 Å². The molecule has 0 radical (unpaired) electrons. The molecule has 1 amide bonds. The minimum atomic E-state index is 0.0508. The van der Waals surface area contributed by atoms with Crippen molar-refractivity contribution >= 4 is 16.7 Å². The summed E-state index contributed by atoms with van der Waals surface area (Å²) in [5.41, 5.74) is 0.0508. The molecule has 5 rings (SSSR count). The van der Waals surface area contributed by atoms with Gasteiger partial charge in [0.05, 0.1) is 5.60 Å². The van der Waals surface area contributed by atoms with Crippen LogP contribution in [0.1, 0.15) is 44.9 Å². The van der Waals surface area contributed by atoms with Gasteiger partial charge in [0.15, 0.2) is 6.61 Å². The monoisotopic (exact) mass is 422 g/mol. The molecular weight excluding hydrogens is 388 g/mol. The molecule has 0 bridgehead atoms. The van der Waals surface area contributed by atoms with Crippen molar-refractivity contribution in [3.63, 3.8) is 0 Å². The Bertz CT molecular complexity index is 918. The van der Waals surface area contributed by atoms with Gasteiger partial charge in [-0.2, -0.15) is 0 Å². The molecule has 0 unspecified atom stereocenters. The molecule has 1 spiro atoms. The Morgan fingerprint density at radius 2 is 1.94 bits per heavy atom. The van der Waals surface area contributed by atoms with E-state index < -0.39 is 0 Å².